The zero-order valence-electron chi connectivity index (χ0n) is 6.40. The van der Waals surface area contributed by atoms with Crippen LogP contribution in [0, 0.1) is 6.92 Å². The van der Waals surface area contributed by atoms with Crippen molar-refractivity contribution in [1.29, 1.82) is 0 Å². The molecule has 0 atom stereocenters. The average molecular weight is 168 g/mol. The Morgan fingerprint density at radius 1 is 1.25 bits per heavy atom. The maximum absolute atomic E-state index is 10.3. The van der Waals surface area contributed by atoms with Crippen LogP contribution in [-0.2, 0) is 0 Å². The van der Waals surface area contributed by atoms with Crippen LogP contribution in [-0.4, -0.2) is 21.6 Å². The Hall–Kier alpha value is -1.71. The van der Waals surface area contributed by atoms with E-state index in [4.69, 9.17) is 10.2 Å². The van der Waals surface area contributed by atoms with Gasteiger partial charge >= 0.3 is 0 Å². The molecule has 0 spiro atoms. The Morgan fingerprint density at radius 2 is 1.83 bits per heavy atom. The summed E-state index contributed by atoms with van der Waals surface area (Å²) in [5.74, 6) is -1.05. The van der Waals surface area contributed by atoms with Crippen molar-refractivity contribution in [2.24, 2.45) is 0 Å². The van der Waals surface area contributed by atoms with Crippen molar-refractivity contribution < 1.29 is 20.1 Å². The zero-order valence-corrected chi connectivity index (χ0v) is 6.40. The second kappa shape index (κ2) is 2.73. The summed E-state index contributed by atoms with van der Waals surface area (Å²) in [6, 6.07) is 1.01. The summed E-state index contributed by atoms with van der Waals surface area (Å²) in [6.07, 6.45) is 0.330. The Labute approximate surface area is 68.7 Å². The molecule has 0 aliphatic carbocycles. The monoisotopic (exact) mass is 168 g/mol. The molecule has 0 aliphatic heterocycles. The van der Waals surface area contributed by atoms with Crippen LogP contribution in [0.5, 0.6) is 17.2 Å². The maximum Gasteiger partial charge on any atom is 0.157 e. The number of rotatable bonds is 1. The largest absolute Gasteiger partial charge is 0.507 e. The van der Waals surface area contributed by atoms with E-state index in [0.29, 0.717) is 6.29 Å². The van der Waals surface area contributed by atoms with Crippen LogP contribution < -0.4 is 0 Å². The minimum absolute atomic E-state index is 0.176. The van der Waals surface area contributed by atoms with Gasteiger partial charge in [-0.25, -0.2) is 0 Å². The standard InChI is InChI=1S/C8H8O4/c1-4-6(10)2-7(11)5(3-9)8(4)12/h2-3,10-12H,1H3. The van der Waals surface area contributed by atoms with Gasteiger partial charge < -0.3 is 15.3 Å². The quantitative estimate of drug-likeness (QED) is 0.545. The second-order valence-corrected chi connectivity index (χ2v) is 2.42. The van der Waals surface area contributed by atoms with E-state index < -0.39 is 5.75 Å². The Kier molecular flexibility index (Phi) is 1.91. The Morgan fingerprint density at radius 3 is 2.33 bits per heavy atom. The number of carbonyl (C=O) groups excluding carboxylic acids is 1. The zero-order chi connectivity index (χ0) is 9.30. The first-order valence-electron chi connectivity index (χ1n) is 3.27. The normalized spacial score (nSPS) is 9.75. The van der Waals surface area contributed by atoms with Crippen LogP contribution in [0.3, 0.4) is 0 Å². The van der Waals surface area contributed by atoms with Gasteiger partial charge in [0.2, 0.25) is 0 Å². The fraction of sp³-hybridized carbons (Fsp3) is 0.125. The second-order valence-electron chi connectivity index (χ2n) is 2.42. The fourth-order valence-corrected chi connectivity index (χ4v) is 0.876. The van der Waals surface area contributed by atoms with Gasteiger partial charge in [-0.05, 0) is 6.92 Å². The first-order chi connectivity index (χ1) is 5.57. The predicted molar refractivity (Wildman–Crippen MR) is 41.6 cm³/mol. The molecule has 0 fully saturated rings. The molecule has 64 valence electrons. The van der Waals surface area contributed by atoms with Crippen LogP contribution in [0.4, 0.5) is 0 Å². The summed E-state index contributed by atoms with van der Waals surface area (Å²) in [5.41, 5.74) is -0.0276. The number of phenolic OH excluding ortho intramolecular Hbond substituents is 3. The topological polar surface area (TPSA) is 77.8 Å². The molecule has 12 heavy (non-hydrogen) atoms. The fourth-order valence-electron chi connectivity index (χ4n) is 0.876. The van der Waals surface area contributed by atoms with Crippen LogP contribution >= 0.6 is 0 Å². The molecule has 0 aliphatic rings. The third-order valence-electron chi connectivity index (χ3n) is 1.66. The highest BCUT2D eigenvalue weighted by molar-refractivity contribution is 5.85. The molecule has 1 rings (SSSR count). The van der Waals surface area contributed by atoms with Gasteiger partial charge in [0.25, 0.3) is 0 Å². The molecular formula is C8H8O4. The van der Waals surface area contributed by atoms with Crippen molar-refractivity contribution in [3.63, 3.8) is 0 Å². The number of hydrogen-bond donors (Lipinski definition) is 3. The number of hydrogen-bond acceptors (Lipinski definition) is 4. The molecule has 0 bridgehead atoms. The lowest BCUT2D eigenvalue weighted by atomic mass is 10.1. The number of aldehydes is 1. The highest BCUT2D eigenvalue weighted by atomic mass is 16.3. The van der Waals surface area contributed by atoms with Gasteiger partial charge in [-0.2, -0.15) is 0 Å². The SMILES string of the molecule is Cc1c(O)cc(O)c(C=O)c1O. The van der Waals surface area contributed by atoms with Gasteiger partial charge in [0, 0.05) is 11.6 Å². The smallest absolute Gasteiger partial charge is 0.157 e. The summed E-state index contributed by atoms with van der Waals surface area (Å²) in [4.78, 5) is 10.3. The van der Waals surface area contributed by atoms with Gasteiger partial charge in [0.15, 0.2) is 6.29 Å². The third-order valence-corrected chi connectivity index (χ3v) is 1.66. The van der Waals surface area contributed by atoms with E-state index in [1.165, 1.54) is 6.92 Å². The highest BCUT2D eigenvalue weighted by Crippen LogP contribution is 2.35. The van der Waals surface area contributed by atoms with E-state index in [9.17, 15) is 9.90 Å². The molecule has 0 unspecified atom stereocenters. The number of benzene rings is 1. The number of carbonyl (C=O) groups is 1. The first-order valence-corrected chi connectivity index (χ1v) is 3.27. The lowest BCUT2D eigenvalue weighted by Gasteiger charge is -2.05. The van der Waals surface area contributed by atoms with Gasteiger partial charge in [0.05, 0.1) is 5.56 Å². The lowest BCUT2D eigenvalue weighted by molar-refractivity contribution is 0.111. The molecule has 1 aromatic rings. The summed E-state index contributed by atoms with van der Waals surface area (Å²) < 4.78 is 0. The summed E-state index contributed by atoms with van der Waals surface area (Å²) in [6.45, 7) is 1.44. The van der Waals surface area contributed by atoms with E-state index in [1.807, 2.05) is 0 Å². The average Bonchev–Trinajstić information content (AvgIpc) is 2.01. The summed E-state index contributed by atoms with van der Waals surface area (Å²) >= 11 is 0. The van der Waals surface area contributed by atoms with Crippen molar-refractivity contribution in [2.75, 3.05) is 0 Å². The van der Waals surface area contributed by atoms with E-state index in [2.05, 4.69) is 0 Å². The number of aromatic hydroxyl groups is 3. The van der Waals surface area contributed by atoms with Crippen molar-refractivity contribution in [1.82, 2.24) is 0 Å². The molecule has 0 amide bonds. The van der Waals surface area contributed by atoms with E-state index in [-0.39, 0.29) is 22.6 Å². The molecule has 0 saturated carbocycles. The minimum atomic E-state index is -0.425. The van der Waals surface area contributed by atoms with Crippen LogP contribution in [0.1, 0.15) is 15.9 Å². The van der Waals surface area contributed by atoms with E-state index in [1.54, 1.807) is 0 Å². The summed E-state index contributed by atoms with van der Waals surface area (Å²) in [5, 5.41) is 27.3. The maximum atomic E-state index is 10.3. The molecule has 4 heteroatoms. The van der Waals surface area contributed by atoms with Crippen LogP contribution in [0.2, 0.25) is 0 Å². The predicted octanol–water partition coefficient (Wildman–Crippen LogP) is 0.924. The Balaban J connectivity index is 3.51. The number of phenols is 3. The minimum Gasteiger partial charge on any atom is -0.507 e. The van der Waals surface area contributed by atoms with Gasteiger partial charge in [0.1, 0.15) is 17.2 Å². The van der Waals surface area contributed by atoms with Crippen LogP contribution in [0.25, 0.3) is 0 Å². The van der Waals surface area contributed by atoms with Gasteiger partial charge in [-0.15, -0.1) is 0 Å². The molecule has 0 aromatic heterocycles. The molecule has 0 saturated heterocycles. The van der Waals surface area contributed by atoms with Crippen LogP contribution in [0.15, 0.2) is 6.07 Å². The van der Waals surface area contributed by atoms with Crippen molar-refractivity contribution in [3.05, 3.63) is 17.2 Å². The third kappa shape index (κ3) is 1.07. The van der Waals surface area contributed by atoms with Crippen molar-refractivity contribution in [2.45, 2.75) is 6.92 Å². The van der Waals surface area contributed by atoms with E-state index in [0.717, 1.165) is 6.07 Å². The highest BCUT2D eigenvalue weighted by Gasteiger charge is 2.12. The lowest BCUT2D eigenvalue weighted by Crippen LogP contribution is -1.86. The summed E-state index contributed by atoms with van der Waals surface area (Å²) in [7, 11) is 0. The molecule has 0 heterocycles. The Bertz CT molecular complexity index is 330. The molecule has 3 N–H and O–H groups in total. The molecule has 0 radical (unpaired) electrons. The molecular weight excluding hydrogens is 160 g/mol. The first kappa shape index (κ1) is 8.39. The van der Waals surface area contributed by atoms with Crippen molar-refractivity contribution in [3.8, 4) is 17.2 Å². The van der Waals surface area contributed by atoms with Gasteiger partial charge in [-0.3, -0.25) is 4.79 Å². The van der Waals surface area contributed by atoms with Gasteiger partial charge in [-0.1, -0.05) is 0 Å². The van der Waals surface area contributed by atoms with E-state index >= 15 is 0 Å². The van der Waals surface area contributed by atoms with Crippen molar-refractivity contribution >= 4 is 6.29 Å². The molecule has 1 aromatic carbocycles. The molecule has 4 nitrogen and oxygen atoms in total.